The zero-order valence-corrected chi connectivity index (χ0v) is 13.6. The molecule has 0 saturated carbocycles. The maximum absolute atomic E-state index is 12.4. The van der Waals surface area contributed by atoms with Crippen LogP contribution in [0.25, 0.3) is 0 Å². The van der Waals surface area contributed by atoms with E-state index in [9.17, 15) is 9.59 Å². The molecule has 0 radical (unpaired) electrons. The van der Waals surface area contributed by atoms with Gasteiger partial charge in [-0.25, -0.2) is 0 Å². The van der Waals surface area contributed by atoms with Crippen LogP contribution in [0.2, 0.25) is 0 Å². The summed E-state index contributed by atoms with van der Waals surface area (Å²) in [5.41, 5.74) is 2.25. The summed E-state index contributed by atoms with van der Waals surface area (Å²) in [6, 6.07) is 16.5. The van der Waals surface area contributed by atoms with Crippen molar-refractivity contribution in [2.24, 2.45) is 0 Å². The van der Waals surface area contributed by atoms with Gasteiger partial charge in [-0.15, -0.1) is 0 Å². The van der Waals surface area contributed by atoms with E-state index in [1.807, 2.05) is 62.3 Å². The van der Waals surface area contributed by atoms with Gasteiger partial charge in [-0.2, -0.15) is 0 Å². The number of nitrogens with one attached hydrogen (secondary N) is 1. The van der Waals surface area contributed by atoms with Gasteiger partial charge in [0.15, 0.2) is 0 Å². The van der Waals surface area contributed by atoms with E-state index >= 15 is 0 Å². The van der Waals surface area contributed by atoms with Crippen LogP contribution >= 0.6 is 0 Å². The highest BCUT2D eigenvalue weighted by atomic mass is 16.2. The fourth-order valence-electron chi connectivity index (χ4n) is 2.22. The highest BCUT2D eigenvalue weighted by Gasteiger charge is 2.22. The van der Waals surface area contributed by atoms with Gasteiger partial charge >= 0.3 is 11.8 Å². The van der Waals surface area contributed by atoms with Crippen LogP contribution in [-0.4, -0.2) is 32.5 Å². The number of benzene rings is 2. The van der Waals surface area contributed by atoms with Crippen molar-refractivity contribution in [1.82, 2.24) is 0 Å². The molecule has 0 fully saturated rings. The van der Waals surface area contributed by atoms with Crippen molar-refractivity contribution in [2.75, 3.05) is 35.8 Å². The predicted octanol–water partition coefficient (Wildman–Crippen LogP) is 2.74. The van der Waals surface area contributed by atoms with Gasteiger partial charge in [0.25, 0.3) is 0 Å². The highest BCUT2D eigenvalue weighted by molar-refractivity contribution is 6.44. The SMILES string of the molecule is CCN(C(=O)C(=O)Nc1cccc(N(C)C)c1)c1ccccc1. The van der Waals surface area contributed by atoms with Crippen molar-refractivity contribution in [3.8, 4) is 0 Å². The molecule has 5 nitrogen and oxygen atoms in total. The van der Waals surface area contributed by atoms with Gasteiger partial charge in [-0.05, 0) is 37.3 Å². The van der Waals surface area contributed by atoms with Gasteiger partial charge in [-0.3, -0.25) is 9.59 Å². The largest absolute Gasteiger partial charge is 0.378 e. The molecule has 5 heteroatoms. The summed E-state index contributed by atoms with van der Waals surface area (Å²) >= 11 is 0. The van der Waals surface area contributed by atoms with Crippen molar-refractivity contribution in [1.29, 1.82) is 0 Å². The first-order chi connectivity index (χ1) is 11.0. The molecule has 2 amide bonds. The molecule has 0 bridgehead atoms. The molecule has 2 rings (SSSR count). The molecule has 120 valence electrons. The lowest BCUT2D eigenvalue weighted by Gasteiger charge is -2.20. The first-order valence-electron chi connectivity index (χ1n) is 7.48. The van der Waals surface area contributed by atoms with E-state index in [1.165, 1.54) is 4.90 Å². The minimum Gasteiger partial charge on any atom is -0.378 e. The number of hydrogen-bond acceptors (Lipinski definition) is 3. The molecule has 2 aromatic carbocycles. The monoisotopic (exact) mass is 311 g/mol. The standard InChI is InChI=1S/C18H21N3O2/c1-4-21(15-10-6-5-7-11-15)18(23)17(22)19-14-9-8-12-16(13-14)20(2)3/h5-13H,4H2,1-3H3,(H,19,22). The lowest BCUT2D eigenvalue weighted by atomic mass is 10.2. The summed E-state index contributed by atoms with van der Waals surface area (Å²) in [6.45, 7) is 2.26. The molecule has 0 aliphatic rings. The second-order valence-corrected chi connectivity index (χ2v) is 5.28. The Morgan fingerprint density at radius 3 is 2.22 bits per heavy atom. The minimum absolute atomic E-state index is 0.425. The normalized spacial score (nSPS) is 10.0. The Labute approximate surface area is 136 Å². The third-order valence-electron chi connectivity index (χ3n) is 3.44. The predicted molar refractivity (Wildman–Crippen MR) is 93.9 cm³/mol. The van der Waals surface area contributed by atoms with Crippen molar-refractivity contribution in [3.05, 3.63) is 54.6 Å². The maximum Gasteiger partial charge on any atom is 0.316 e. The van der Waals surface area contributed by atoms with Crippen LogP contribution in [0.15, 0.2) is 54.6 Å². The van der Waals surface area contributed by atoms with Crippen LogP contribution < -0.4 is 15.1 Å². The molecule has 0 aliphatic heterocycles. The van der Waals surface area contributed by atoms with E-state index in [1.54, 1.807) is 18.2 Å². The first-order valence-corrected chi connectivity index (χ1v) is 7.48. The van der Waals surface area contributed by atoms with Gasteiger partial charge in [0.2, 0.25) is 0 Å². The Morgan fingerprint density at radius 2 is 1.61 bits per heavy atom. The summed E-state index contributed by atoms with van der Waals surface area (Å²) < 4.78 is 0. The lowest BCUT2D eigenvalue weighted by molar-refractivity contribution is -0.134. The van der Waals surface area contributed by atoms with Crippen LogP contribution in [0.3, 0.4) is 0 Å². The summed E-state index contributed by atoms with van der Waals surface area (Å²) in [6.07, 6.45) is 0. The number of nitrogens with zero attached hydrogens (tertiary/aromatic N) is 2. The van der Waals surface area contributed by atoms with Crippen LogP contribution in [0.4, 0.5) is 17.1 Å². The summed E-state index contributed by atoms with van der Waals surface area (Å²) in [4.78, 5) is 28.0. The van der Waals surface area contributed by atoms with Crippen LogP contribution in [0, 0.1) is 0 Å². The van der Waals surface area contributed by atoms with Crippen LogP contribution in [-0.2, 0) is 9.59 Å². The molecule has 0 aromatic heterocycles. The van der Waals surface area contributed by atoms with Gasteiger partial charge < -0.3 is 15.1 Å². The number of anilines is 3. The van der Waals surface area contributed by atoms with Crippen molar-refractivity contribution < 1.29 is 9.59 Å². The maximum atomic E-state index is 12.4. The molecule has 0 saturated heterocycles. The third-order valence-corrected chi connectivity index (χ3v) is 3.44. The molecule has 1 N–H and O–H groups in total. The minimum atomic E-state index is -0.647. The average molecular weight is 311 g/mol. The number of rotatable bonds is 4. The topological polar surface area (TPSA) is 52.7 Å². The molecule has 23 heavy (non-hydrogen) atoms. The molecule has 0 unspecified atom stereocenters. The summed E-state index contributed by atoms with van der Waals surface area (Å²) in [5, 5.41) is 2.66. The van der Waals surface area contributed by atoms with E-state index in [0.29, 0.717) is 17.9 Å². The lowest BCUT2D eigenvalue weighted by Crippen LogP contribution is -2.39. The Hall–Kier alpha value is -2.82. The fourth-order valence-corrected chi connectivity index (χ4v) is 2.22. The number of carbonyl (C=O) groups is 2. The second kappa shape index (κ2) is 7.45. The fraction of sp³-hybridized carbons (Fsp3) is 0.222. The third kappa shape index (κ3) is 4.10. The molecule has 0 spiro atoms. The average Bonchev–Trinajstić information content (AvgIpc) is 2.56. The first kappa shape index (κ1) is 16.5. The van der Waals surface area contributed by atoms with Crippen molar-refractivity contribution >= 4 is 28.9 Å². The zero-order chi connectivity index (χ0) is 16.8. The number of likely N-dealkylation sites (N-methyl/N-ethyl adjacent to an activating group) is 1. The Morgan fingerprint density at radius 1 is 0.957 bits per heavy atom. The smallest absolute Gasteiger partial charge is 0.316 e. The van der Waals surface area contributed by atoms with E-state index < -0.39 is 11.8 Å². The number of hydrogen-bond donors (Lipinski definition) is 1. The summed E-state index contributed by atoms with van der Waals surface area (Å²) in [5.74, 6) is -1.22. The molecule has 2 aromatic rings. The van der Waals surface area contributed by atoms with E-state index in [0.717, 1.165) is 5.69 Å². The van der Waals surface area contributed by atoms with Crippen molar-refractivity contribution in [3.63, 3.8) is 0 Å². The van der Waals surface area contributed by atoms with E-state index in [-0.39, 0.29) is 0 Å². The zero-order valence-electron chi connectivity index (χ0n) is 13.6. The number of amides is 2. The van der Waals surface area contributed by atoms with Gasteiger partial charge in [0, 0.05) is 37.7 Å². The number of para-hydroxylation sites is 1. The van der Waals surface area contributed by atoms with E-state index in [4.69, 9.17) is 0 Å². The van der Waals surface area contributed by atoms with Gasteiger partial charge in [0.05, 0.1) is 0 Å². The van der Waals surface area contributed by atoms with Gasteiger partial charge in [0.1, 0.15) is 0 Å². The second-order valence-electron chi connectivity index (χ2n) is 5.28. The quantitative estimate of drug-likeness (QED) is 0.883. The molecular weight excluding hydrogens is 290 g/mol. The highest BCUT2D eigenvalue weighted by Crippen LogP contribution is 2.18. The Bertz CT molecular complexity index is 684. The molecule has 0 atom stereocenters. The summed E-state index contributed by atoms with van der Waals surface area (Å²) in [7, 11) is 3.83. The van der Waals surface area contributed by atoms with E-state index in [2.05, 4.69) is 5.32 Å². The molecule has 0 aliphatic carbocycles. The van der Waals surface area contributed by atoms with Crippen molar-refractivity contribution in [2.45, 2.75) is 6.92 Å². The van der Waals surface area contributed by atoms with Crippen LogP contribution in [0.1, 0.15) is 6.92 Å². The molecular formula is C18H21N3O2. The number of carbonyl (C=O) groups excluding carboxylic acids is 2. The van der Waals surface area contributed by atoms with Crippen LogP contribution in [0.5, 0.6) is 0 Å². The Balaban J connectivity index is 2.13. The Kier molecular flexibility index (Phi) is 5.36. The molecule has 0 heterocycles. The van der Waals surface area contributed by atoms with Gasteiger partial charge in [-0.1, -0.05) is 24.3 Å².